The van der Waals surface area contributed by atoms with E-state index in [0.29, 0.717) is 12.1 Å². The highest BCUT2D eigenvalue weighted by molar-refractivity contribution is 5.94. The first-order chi connectivity index (χ1) is 9.97. The Kier molecular flexibility index (Phi) is 4.57. The molecule has 0 saturated heterocycles. The van der Waals surface area contributed by atoms with Crippen molar-refractivity contribution in [2.45, 2.75) is 26.4 Å². The zero-order valence-electron chi connectivity index (χ0n) is 12.5. The maximum absolute atomic E-state index is 12.3. The van der Waals surface area contributed by atoms with Crippen molar-refractivity contribution in [3.63, 3.8) is 0 Å². The van der Waals surface area contributed by atoms with Crippen molar-refractivity contribution >= 4 is 5.91 Å². The van der Waals surface area contributed by atoms with E-state index in [9.17, 15) is 9.59 Å². The van der Waals surface area contributed by atoms with Gasteiger partial charge in [0.1, 0.15) is 0 Å². The number of carbonyl (C=O) groups excluding carboxylic acids is 1. The number of rotatable bonds is 5. The summed E-state index contributed by atoms with van der Waals surface area (Å²) in [5.74, 6) is 0.105. The zero-order chi connectivity index (χ0) is 15.4. The minimum atomic E-state index is -0.176. The average molecular weight is 288 g/mol. The summed E-state index contributed by atoms with van der Waals surface area (Å²) in [6.07, 6.45) is 6.86. The Hall–Kier alpha value is -2.37. The van der Waals surface area contributed by atoms with Crippen LogP contribution in [0, 0.1) is 5.92 Å². The topological polar surface area (TPSA) is 68.9 Å². The molecule has 0 spiro atoms. The molecule has 2 aromatic rings. The van der Waals surface area contributed by atoms with Crippen LogP contribution in [0.5, 0.6) is 0 Å². The maximum Gasteiger partial charge on any atom is 0.253 e. The third-order valence-electron chi connectivity index (χ3n) is 3.44. The molecule has 0 aliphatic rings. The Bertz CT molecular complexity index is 659. The van der Waals surface area contributed by atoms with Gasteiger partial charge in [0.25, 0.3) is 5.91 Å². The Balaban J connectivity index is 2.10. The Morgan fingerprint density at radius 3 is 2.71 bits per heavy atom. The number of pyridine rings is 1. The predicted octanol–water partition coefficient (Wildman–Crippen LogP) is 1.04. The number of aryl methyl sites for hydroxylation is 1. The Morgan fingerprint density at radius 2 is 2.14 bits per heavy atom. The molecular formula is C15H20N4O2. The smallest absolute Gasteiger partial charge is 0.253 e. The lowest BCUT2D eigenvalue weighted by molar-refractivity contribution is 0.0919. The van der Waals surface area contributed by atoms with E-state index in [2.05, 4.69) is 24.1 Å². The highest BCUT2D eigenvalue weighted by Crippen LogP contribution is 2.07. The first kappa shape index (κ1) is 15.0. The maximum atomic E-state index is 12.3. The fourth-order valence-electron chi connectivity index (χ4n) is 2.02. The second-order valence-electron chi connectivity index (χ2n) is 5.45. The van der Waals surface area contributed by atoms with E-state index in [1.54, 1.807) is 31.8 Å². The molecule has 2 rings (SSSR count). The van der Waals surface area contributed by atoms with E-state index < -0.39 is 0 Å². The molecule has 6 heteroatoms. The summed E-state index contributed by atoms with van der Waals surface area (Å²) in [6, 6.07) is 2.94. The largest absolute Gasteiger partial charge is 0.347 e. The molecule has 112 valence electrons. The van der Waals surface area contributed by atoms with Gasteiger partial charge in [-0.15, -0.1) is 0 Å². The van der Waals surface area contributed by atoms with Crippen molar-refractivity contribution < 1.29 is 4.79 Å². The van der Waals surface area contributed by atoms with Gasteiger partial charge < -0.3 is 14.5 Å². The van der Waals surface area contributed by atoms with Crippen LogP contribution < -0.4 is 10.9 Å². The van der Waals surface area contributed by atoms with E-state index in [1.807, 2.05) is 10.8 Å². The van der Waals surface area contributed by atoms with Crippen molar-refractivity contribution in [3.8, 4) is 0 Å². The van der Waals surface area contributed by atoms with Crippen LogP contribution in [-0.4, -0.2) is 26.1 Å². The van der Waals surface area contributed by atoms with Crippen LogP contribution in [0.3, 0.4) is 0 Å². The summed E-state index contributed by atoms with van der Waals surface area (Å²) in [6.45, 7) is 4.78. The fraction of sp³-hybridized carbons (Fsp3) is 0.400. The summed E-state index contributed by atoms with van der Waals surface area (Å²) in [7, 11) is 1.63. The molecule has 0 unspecified atom stereocenters. The SMILES string of the molecule is CC(C)[C@H](Cn1ccnc1)NC(=O)c1ccc(=O)n(C)c1. The van der Waals surface area contributed by atoms with Crippen LogP contribution in [0.4, 0.5) is 0 Å². The van der Waals surface area contributed by atoms with Crippen LogP contribution in [0.25, 0.3) is 0 Å². The first-order valence-corrected chi connectivity index (χ1v) is 6.90. The van der Waals surface area contributed by atoms with E-state index in [1.165, 1.54) is 10.6 Å². The second kappa shape index (κ2) is 6.39. The van der Waals surface area contributed by atoms with Gasteiger partial charge in [0.15, 0.2) is 0 Å². The van der Waals surface area contributed by atoms with Crippen LogP contribution in [0.1, 0.15) is 24.2 Å². The molecule has 1 atom stereocenters. The van der Waals surface area contributed by atoms with Crippen molar-refractivity contribution in [1.29, 1.82) is 0 Å². The molecule has 6 nitrogen and oxygen atoms in total. The number of carbonyl (C=O) groups is 1. The number of hydrogen-bond donors (Lipinski definition) is 1. The van der Waals surface area contributed by atoms with Gasteiger partial charge in [0.2, 0.25) is 5.56 Å². The van der Waals surface area contributed by atoms with Crippen LogP contribution in [0.15, 0.2) is 41.8 Å². The summed E-state index contributed by atoms with van der Waals surface area (Å²) < 4.78 is 3.33. The number of imidazole rings is 1. The van der Waals surface area contributed by atoms with E-state index >= 15 is 0 Å². The molecule has 0 fully saturated rings. The van der Waals surface area contributed by atoms with Crippen molar-refractivity contribution in [3.05, 3.63) is 53.0 Å². The van der Waals surface area contributed by atoms with Gasteiger partial charge in [-0.05, 0) is 12.0 Å². The summed E-state index contributed by atoms with van der Waals surface area (Å²) >= 11 is 0. The van der Waals surface area contributed by atoms with Gasteiger partial charge in [-0.3, -0.25) is 9.59 Å². The number of hydrogen-bond acceptors (Lipinski definition) is 3. The van der Waals surface area contributed by atoms with Gasteiger partial charge in [-0.1, -0.05) is 13.8 Å². The average Bonchev–Trinajstić information content (AvgIpc) is 2.93. The number of nitrogens with one attached hydrogen (secondary N) is 1. The molecule has 1 N–H and O–H groups in total. The van der Waals surface area contributed by atoms with Crippen LogP contribution >= 0.6 is 0 Å². The van der Waals surface area contributed by atoms with Crippen LogP contribution in [0.2, 0.25) is 0 Å². The van der Waals surface area contributed by atoms with Crippen LogP contribution in [-0.2, 0) is 13.6 Å². The third-order valence-corrected chi connectivity index (χ3v) is 3.44. The molecule has 0 saturated carbocycles. The van der Waals surface area contributed by atoms with Crippen molar-refractivity contribution in [2.75, 3.05) is 0 Å². The fourth-order valence-corrected chi connectivity index (χ4v) is 2.02. The monoisotopic (exact) mass is 288 g/mol. The third kappa shape index (κ3) is 3.81. The zero-order valence-corrected chi connectivity index (χ0v) is 12.5. The second-order valence-corrected chi connectivity index (χ2v) is 5.45. The molecule has 1 amide bonds. The molecule has 2 aromatic heterocycles. The van der Waals surface area contributed by atoms with Gasteiger partial charge in [-0.25, -0.2) is 4.98 Å². The number of nitrogens with zero attached hydrogens (tertiary/aromatic N) is 3. The Morgan fingerprint density at radius 1 is 1.38 bits per heavy atom. The standard InChI is InChI=1S/C15H20N4O2/c1-11(2)13(9-19-7-6-16-10-19)17-15(21)12-4-5-14(20)18(3)8-12/h4-8,10-11,13H,9H2,1-3H3,(H,17,21)/t13-/m0/s1. The van der Waals surface area contributed by atoms with Crippen molar-refractivity contribution in [2.24, 2.45) is 13.0 Å². The molecule has 2 heterocycles. The van der Waals surface area contributed by atoms with Gasteiger partial charge >= 0.3 is 0 Å². The van der Waals surface area contributed by atoms with E-state index in [-0.39, 0.29) is 23.4 Å². The number of amides is 1. The van der Waals surface area contributed by atoms with E-state index in [4.69, 9.17) is 0 Å². The molecule has 0 aromatic carbocycles. The lowest BCUT2D eigenvalue weighted by Crippen LogP contribution is -2.41. The lowest BCUT2D eigenvalue weighted by atomic mass is 10.0. The predicted molar refractivity (Wildman–Crippen MR) is 80.0 cm³/mol. The molecular weight excluding hydrogens is 268 g/mol. The normalized spacial score (nSPS) is 12.4. The quantitative estimate of drug-likeness (QED) is 0.893. The Labute approximate surface area is 123 Å². The minimum Gasteiger partial charge on any atom is -0.347 e. The van der Waals surface area contributed by atoms with E-state index in [0.717, 1.165) is 0 Å². The van der Waals surface area contributed by atoms with Crippen molar-refractivity contribution in [1.82, 2.24) is 19.4 Å². The minimum absolute atomic E-state index is 0.0102. The highest BCUT2D eigenvalue weighted by Gasteiger charge is 2.18. The summed E-state index contributed by atoms with van der Waals surface area (Å²) in [4.78, 5) is 27.7. The molecule has 0 aliphatic heterocycles. The summed E-state index contributed by atoms with van der Waals surface area (Å²) in [5.41, 5.74) is 0.346. The molecule has 21 heavy (non-hydrogen) atoms. The number of aromatic nitrogens is 3. The summed E-state index contributed by atoms with van der Waals surface area (Å²) in [5, 5.41) is 3.01. The molecule has 0 radical (unpaired) electrons. The molecule has 0 bridgehead atoms. The first-order valence-electron chi connectivity index (χ1n) is 6.90. The highest BCUT2D eigenvalue weighted by atomic mass is 16.2. The lowest BCUT2D eigenvalue weighted by Gasteiger charge is -2.23. The van der Waals surface area contributed by atoms with Gasteiger partial charge in [0, 0.05) is 44.3 Å². The van der Waals surface area contributed by atoms with Gasteiger partial charge in [0.05, 0.1) is 11.9 Å². The van der Waals surface area contributed by atoms with Gasteiger partial charge in [-0.2, -0.15) is 0 Å². The molecule has 0 aliphatic carbocycles.